The first-order valence-electron chi connectivity index (χ1n) is 9.39. The molecule has 6 heteroatoms. The van der Waals surface area contributed by atoms with E-state index in [0.717, 1.165) is 35.2 Å². The smallest absolute Gasteiger partial charge is 0.306 e. The van der Waals surface area contributed by atoms with Crippen molar-refractivity contribution in [2.24, 2.45) is 5.92 Å². The van der Waals surface area contributed by atoms with Crippen LogP contribution in [0, 0.1) is 5.92 Å². The van der Waals surface area contributed by atoms with Gasteiger partial charge in [-0.1, -0.05) is 30.3 Å². The van der Waals surface area contributed by atoms with Crippen LogP contribution in [0.2, 0.25) is 0 Å². The van der Waals surface area contributed by atoms with Crippen LogP contribution in [-0.2, 0) is 4.79 Å². The van der Waals surface area contributed by atoms with Crippen LogP contribution >= 0.6 is 11.3 Å². The first-order valence-corrected chi connectivity index (χ1v) is 10.3. The minimum absolute atomic E-state index is 0.152. The molecule has 2 atom stereocenters. The van der Waals surface area contributed by atoms with Gasteiger partial charge in [0.2, 0.25) is 0 Å². The maximum atomic E-state index is 11.3. The molecule has 0 radical (unpaired) electrons. The summed E-state index contributed by atoms with van der Waals surface area (Å²) in [5.41, 5.74) is 7.38. The second kappa shape index (κ2) is 6.87. The summed E-state index contributed by atoms with van der Waals surface area (Å²) in [5.74, 6) is -0.954. The third kappa shape index (κ3) is 2.99. The number of hydrogen-bond donors (Lipinski definition) is 1. The zero-order valence-corrected chi connectivity index (χ0v) is 16.0. The first-order chi connectivity index (χ1) is 13.7. The predicted octanol–water partition coefficient (Wildman–Crippen LogP) is 5.25. The zero-order chi connectivity index (χ0) is 19.1. The van der Waals surface area contributed by atoms with Crippen molar-refractivity contribution in [1.29, 1.82) is 0 Å². The Morgan fingerprint density at radius 2 is 1.82 bits per heavy atom. The van der Waals surface area contributed by atoms with Crippen molar-refractivity contribution < 1.29 is 9.90 Å². The van der Waals surface area contributed by atoms with E-state index < -0.39 is 5.97 Å². The Morgan fingerprint density at radius 1 is 1.04 bits per heavy atom. The van der Waals surface area contributed by atoms with E-state index in [0.29, 0.717) is 6.42 Å². The minimum atomic E-state index is -0.696. The van der Waals surface area contributed by atoms with Gasteiger partial charge < -0.3 is 5.11 Å². The highest BCUT2D eigenvalue weighted by atomic mass is 32.1. The van der Waals surface area contributed by atoms with E-state index in [9.17, 15) is 9.90 Å². The van der Waals surface area contributed by atoms with Crippen molar-refractivity contribution in [3.63, 3.8) is 0 Å². The van der Waals surface area contributed by atoms with Crippen LogP contribution in [0.3, 0.4) is 0 Å². The molecule has 5 rings (SSSR count). The van der Waals surface area contributed by atoms with Crippen LogP contribution in [0.1, 0.15) is 25.3 Å². The van der Waals surface area contributed by atoms with Crippen LogP contribution in [0.5, 0.6) is 0 Å². The topological polar surface area (TPSA) is 68.0 Å². The maximum absolute atomic E-state index is 11.3. The molecule has 1 aliphatic rings. The fourth-order valence-corrected chi connectivity index (χ4v) is 4.82. The van der Waals surface area contributed by atoms with Crippen molar-refractivity contribution >= 4 is 27.5 Å². The van der Waals surface area contributed by atoms with Crippen LogP contribution in [-0.4, -0.2) is 25.8 Å². The second-order valence-corrected chi connectivity index (χ2v) is 8.16. The molecule has 2 heterocycles. The van der Waals surface area contributed by atoms with Gasteiger partial charge >= 0.3 is 5.97 Å². The summed E-state index contributed by atoms with van der Waals surface area (Å²) in [7, 11) is 0. The minimum Gasteiger partial charge on any atom is -0.481 e. The number of aliphatic carboxylic acids is 1. The molecule has 2 aromatic heterocycles. The van der Waals surface area contributed by atoms with Gasteiger partial charge in [0, 0.05) is 6.20 Å². The van der Waals surface area contributed by atoms with E-state index >= 15 is 0 Å². The Balaban J connectivity index is 1.42. The Labute approximate surface area is 166 Å². The molecular formula is C22H19N3O2S. The third-order valence-electron chi connectivity index (χ3n) is 5.62. The van der Waals surface area contributed by atoms with Gasteiger partial charge in [-0.3, -0.25) is 9.48 Å². The fraction of sp³-hybridized carbons (Fsp3) is 0.227. The largest absolute Gasteiger partial charge is 0.481 e. The molecule has 1 fully saturated rings. The number of nitrogens with zero attached hydrogens (tertiary/aromatic N) is 3. The average Bonchev–Trinajstić information content (AvgIpc) is 3.47. The number of carboxylic acids is 1. The molecule has 140 valence electrons. The molecule has 0 unspecified atom stereocenters. The van der Waals surface area contributed by atoms with Gasteiger partial charge in [0.05, 0.1) is 33.4 Å². The Kier molecular flexibility index (Phi) is 4.20. The molecule has 28 heavy (non-hydrogen) atoms. The van der Waals surface area contributed by atoms with Crippen LogP contribution in [0.15, 0.2) is 60.2 Å². The predicted molar refractivity (Wildman–Crippen MR) is 110 cm³/mol. The van der Waals surface area contributed by atoms with Crippen molar-refractivity contribution in [3.8, 4) is 22.4 Å². The van der Waals surface area contributed by atoms with Gasteiger partial charge in [-0.2, -0.15) is 5.10 Å². The zero-order valence-electron chi connectivity index (χ0n) is 15.2. The molecule has 0 spiro atoms. The van der Waals surface area contributed by atoms with Crippen LogP contribution in [0.4, 0.5) is 0 Å². The molecule has 1 aliphatic carbocycles. The molecule has 0 bridgehead atoms. The lowest BCUT2D eigenvalue weighted by molar-refractivity contribution is -0.141. The highest BCUT2D eigenvalue weighted by molar-refractivity contribution is 7.16. The highest BCUT2D eigenvalue weighted by Crippen LogP contribution is 2.37. The highest BCUT2D eigenvalue weighted by Gasteiger charge is 2.32. The third-order valence-corrected chi connectivity index (χ3v) is 6.41. The number of fused-ring (bicyclic) bond motifs is 1. The Hall–Kier alpha value is -2.99. The Morgan fingerprint density at radius 3 is 2.61 bits per heavy atom. The number of benzene rings is 2. The summed E-state index contributed by atoms with van der Waals surface area (Å²) in [4.78, 5) is 15.6. The van der Waals surface area contributed by atoms with Crippen LogP contribution in [0.25, 0.3) is 32.6 Å². The lowest BCUT2D eigenvalue weighted by Gasteiger charge is -2.15. The number of rotatable bonds is 4. The molecule has 2 aromatic carbocycles. The summed E-state index contributed by atoms with van der Waals surface area (Å²) < 4.78 is 3.19. The standard InChI is InChI=1S/C22H19N3O2S/c26-22(27)17-5-7-18(11-17)25-20(9-10-24-25)15-3-1-14(2-4-15)16-6-8-19-21(12-16)28-13-23-19/h1-4,6,8-10,12-13,17-18H,5,7,11H2,(H,26,27)/t17-,18+/m0/s1. The van der Waals surface area contributed by atoms with E-state index in [2.05, 4.69) is 52.5 Å². The number of thiazole rings is 1. The molecule has 1 N–H and O–H groups in total. The summed E-state index contributed by atoms with van der Waals surface area (Å²) in [6, 6.07) is 17.0. The van der Waals surface area contributed by atoms with Gasteiger partial charge in [0.1, 0.15) is 0 Å². The normalized spacial score (nSPS) is 19.3. The average molecular weight is 389 g/mol. The molecule has 0 amide bonds. The molecule has 4 aromatic rings. The molecule has 5 nitrogen and oxygen atoms in total. The number of aromatic nitrogens is 3. The molecule has 0 aliphatic heterocycles. The summed E-state index contributed by atoms with van der Waals surface area (Å²) in [6.07, 6.45) is 4.03. The van der Waals surface area contributed by atoms with Crippen molar-refractivity contribution in [2.45, 2.75) is 25.3 Å². The van der Waals surface area contributed by atoms with Gasteiger partial charge in [0.15, 0.2) is 0 Å². The van der Waals surface area contributed by atoms with E-state index in [-0.39, 0.29) is 12.0 Å². The van der Waals surface area contributed by atoms with Gasteiger partial charge in [-0.05, 0) is 54.2 Å². The lowest BCUT2D eigenvalue weighted by atomic mass is 10.0. The van der Waals surface area contributed by atoms with Crippen molar-refractivity contribution in [1.82, 2.24) is 14.8 Å². The summed E-state index contributed by atoms with van der Waals surface area (Å²) in [5, 5.41) is 13.8. The summed E-state index contributed by atoms with van der Waals surface area (Å²) in [6.45, 7) is 0. The lowest BCUT2D eigenvalue weighted by Crippen LogP contribution is -2.12. The number of carboxylic acid groups (broad SMARTS) is 1. The van der Waals surface area contributed by atoms with Gasteiger partial charge in [0.25, 0.3) is 0 Å². The van der Waals surface area contributed by atoms with E-state index in [1.807, 2.05) is 16.3 Å². The summed E-state index contributed by atoms with van der Waals surface area (Å²) >= 11 is 1.65. The van der Waals surface area contributed by atoms with Crippen molar-refractivity contribution in [3.05, 3.63) is 60.2 Å². The SMILES string of the molecule is O=C(O)[C@H]1CC[C@@H](n2nccc2-c2ccc(-c3ccc4ncsc4c3)cc2)C1. The molecular weight excluding hydrogens is 370 g/mol. The molecule has 1 saturated carbocycles. The fourth-order valence-electron chi connectivity index (χ4n) is 4.11. The van der Waals surface area contributed by atoms with Crippen molar-refractivity contribution in [2.75, 3.05) is 0 Å². The van der Waals surface area contributed by atoms with Crippen LogP contribution < -0.4 is 0 Å². The maximum Gasteiger partial charge on any atom is 0.306 e. The number of hydrogen-bond acceptors (Lipinski definition) is 4. The second-order valence-electron chi connectivity index (χ2n) is 7.28. The monoisotopic (exact) mass is 389 g/mol. The quantitative estimate of drug-likeness (QED) is 0.517. The van der Waals surface area contributed by atoms with Gasteiger partial charge in [-0.25, -0.2) is 4.98 Å². The molecule has 0 saturated heterocycles. The first kappa shape index (κ1) is 17.1. The van der Waals surface area contributed by atoms with E-state index in [4.69, 9.17) is 0 Å². The van der Waals surface area contributed by atoms with E-state index in [1.165, 1.54) is 10.3 Å². The number of carbonyl (C=O) groups is 1. The Bertz CT molecular complexity index is 1150. The van der Waals surface area contributed by atoms with Gasteiger partial charge in [-0.15, -0.1) is 11.3 Å². The van der Waals surface area contributed by atoms with E-state index in [1.54, 1.807) is 17.5 Å².